The van der Waals surface area contributed by atoms with E-state index in [9.17, 15) is 9.18 Å². The molecule has 0 fully saturated rings. The molecule has 0 radical (unpaired) electrons. The first-order valence-corrected chi connectivity index (χ1v) is 6.54. The van der Waals surface area contributed by atoms with Gasteiger partial charge in [0.05, 0.1) is 23.6 Å². The van der Waals surface area contributed by atoms with Crippen molar-refractivity contribution in [3.05, 3.63) is 65.6 Å². The van der Waals surface area contributed by atoms with Gasteiger partial charge >= 0.3 is 0 Å². The molecule has 0 saturated heterocycles. The van der Waals surface area contributed by atoms with Crippen LogP contribution in [0.2, 0.25) is 0 Å². The summed E-state index contributed by atoms with van der Waals surface area (Å²) in [4.78, 5) is 12.7. The van der Waals surface area contributed by atoms with Gasteiger partial charge in [0.25, 0.3) is 0 Å². The summed E-state index contributed by atoms with van der Waals surface area (Å²) < 4.78 is 20.5. The molecule has 0 N–H and O–H groups in total. The number of aromatic nitrogens is 1. The van der Waals surface area contributed by atoms with Crippen LogP contribution in [-0.4, -0.2) is 17.5 Å². The van der Waals surface area contributed by atoms with Crippen LogP contribution in [0.15, 0.2) is 48.7 Å². The summed E-state index contributed by atoms with van der Waals surface area (Å²) in [6.45, 7) is 0. The van der Waals surface area contributed by atoms with Crippen LogP contribution in [0.1, 0.15) is 15.9 Å². The van der Waals surface area contributed by atoms with Gasteiger partial charge in [0.1, 0.15) is 11.6 Å². The SMILES string of the molecule is COc1cccc2c1c(C(=O)c1cccc(F)c1)cn2C. The normalized spacial score (nSPS) is 10.8. The second-order valence-corrected chi connectivity index (χ2v) is 4.85. The van der Waals surface area contributed by atoms with E-state index in [1.807, 2.05) is 29.8 Å². The average molecular weight is 283 g/mol. The Morgan fingerprint density at radius 1 is 1.19 bits per heavy atom. The number of ketones is 1. The zero-order valence-electron chi connectivity index (χ0n) is 11.8. The van der Waals surface area contributed by atoms with E-state index in [1.54, 1.807) is 19.4 Å². The number of fused-ring (bicyclic) bond motifs is 1. The molecule has 1 aromatic heterocycles. The molecule has 0 aliphatic heterocycles. The number of ether oxygens (including phenoxy) is 1. The molecule has 3 nitrogen and oxygen atoms in total. The number of benzene rings is 2. The Morgan fingerprint density at radius 3 is 2.67 bits per heavy atom. The van der Waals surface area contributed by atoms with Crippen LogP contribution in [0, 0.1) is 5.82 Å². The number of aryl methyl sites for hydroxylation is 1. The third kappa shape index (κ3) is 2.18. The van der Waals surface area contributed by atoms with Gasteiger partial charge in [-0.1, -0.05) is 18.2 Å². The van der Waals surface area contributed by atoms with E-state index >= 15 is 0 Å². The fourth-order valence-corrected chi connectivity index (χ4v) is 2.54. The fourth-order valence-electron chi connectivity index (χ4n) is 2.54. The molecule has 0 aliphatic rings. The number of hydrogen-bond acceptors (Lipinski definition) is 2. The maximum atomic E-state index is 13.3. The maximum Gasteiger partial charge on any atom is 0.195 e. The molecule has 2 aromatic carbocycles. The third-order valence-corrected chi connectivity index (χ3v) is 3.53. The van der Waals surface area contributed by atoms with Crippen LogP contribution < -0.4 is 4.74 Å². The van der Waals surface area contributed by atoms with E-state index in [0.29, 0.717) is 16.9 Å². The number of rotatable bonds is 3. The van der Waals surface area contributed by atoms with Gasteiger partial charge in [0, 0.05) is 18.8 Å². The van der Waals surface area contributed by atoms with Crippen molar-refractivity contribution in [3.8, 4) is 5.75 Å². The average Bonchev–Trinajstić information content (AvgIpc) is 2.84. The first-order chi connectivity index (χ1) is 10.1. The largest absolute Gasteiger partial charge is 0.496 e. The van der Waals surface area contributed by atoms with E-state index < -0.39 is 5.82 Å². The van der Waals surface area contributed by atoms with Gasteiger partial charge < -0.3 is 9.30 Å². The second-order valence-electron chi connectivity index (χ2n) is 4.85. The molecule has 0 spiro atoms. The number of hydrogen-bond donors (Lipinski definition) is 0. The summed E-state index contributed by atoms with van der Waals surface area (Å²) in [5.74, 6) is -0.00879. The van der Waals surface area contributed by atoms with Crippen LogP contribution in [0.25, 0.3) is 10.9 Å². The summed E-state index contributed by atoms with van der Waals surface area (Å²) in [6.07, 6.45) is 1.75. The molecule has 4 heteroatoms. The van der Waals surface area contributed by atoms with Crippen molar-refractivity contribution in [1.82, 2.24) is 4.57 Å². The van der Waals surface area contributed by atoms with Crippen molar-refractivity contribution < 1.29 is 13.9 Å². The Morgan fingerprint density at radius 2 is 1.95 bits per heavy atom. The summed E-state index contributed by atoms with van der Waals surface area (Å²) in [6, 6.07) is 11.3. The van der Waals surface area contributed by atoms with Gasteiger partial charge in [-0.25, -0.2) is 4.39 Å². The lowest BCUT2D eigenvalue weighted by Gasteiger charge is -2.05. The number of carbonyl (C=O) groups excluding carboxylic acids is 1. The standard InChI is InChI=1S/C17H14FNO2/c1-19-10-13(16-14(19)7-4-8-15(16)21-2)17(20)11-5-3-6-12(18)9-11/h3-10H,1-2H3. The number of halogens is 1. The van der Waals surface area contributed by atoms with Gasteiger partial charge in [-0.15, -0.1) is 0 Å². The van der Waals surface area contributed by atoms with E-state index in [2.05, 4.69) is 0 Å². The van der Waals surface area contributed by atoms with Crippen LogP contribution in [-0.2, 0) is 7.05 Å². The summed E-state index contributed by atoms with van der Waals surface area (Å²) >= 11 is 0. The lowest BCUT2D eigenvalue weighted by atomic mass is 10.0. The maximum absolute atomic E-state index is 13.3. The Hall–Kier alpha value is -2.62. The molecule has 0 atom stereocenters. The Kier molecular flexibility index (Phi) is 3.22. The van der Waals surface area contributed by atoms with E-state index in [4.69, 9.17) is 4.74 Å². The highest BCUT2D eigenvalue weighted by molar-refractivity contribution is 6.17. The van der Waals surface area contributed by atoms with E-state index in [0.717, 1.165) is 10.9 Å². The minimum Gasteiger partial charge on any atom is -0.496 e. The minimum absolute atomic E-state index is 0.218. The molecule has 0 unspecified atom stereocenters. The van der Waals surface area contributed by atoms with Gasteiger partial charge in [0.15, 0.2) is 5.78 Å². The van der Waals surface area contributed by atoms with Gasteiger partial charge in [-0.2, -0.15) is 0 Å². The van der Waals surface area contributed by atoms with Crippen molar-refractivity contribution in [2.24, 2.45) is 7.05 Å². The summed E-state index contributed by atoms with van der Waals surface area (Å²) in [5, 5.41) is 0.747. The van der Waals surface area contributed by atoms with Crippen molar-refractivity contribution >= 4 is 16.7 Å². The molecule has 106 valence electrons. The lowest BCUT2D eigenvalue weighted by Crippen LogP contribution is -2.01. The summed E-state index contributed by atoms with van der Waals surface area (Å²) in [7, 11) is 3.43. The lowest BCUT2D eigenvalue weighted by molar-refractivity contribution is 0.103. The highest BCUT2D eigenvalue weighted by atomic mass is 19.1. The Labute approximate surface area is 121 Å². The molecule has 3 rings (SSSR count). The molecule has 1 heterocycles. The number of carbonyl (C=O) groups is 1. The number of methoxy groups -OCH3 is 1. The molecule has 0 aliphatic carbocycles. The first-order valence-electron chi connectivity index (χ1n) is 6.54. The first kappa shape index (κ1) is 13.4. The fraction of sp³-hybridized carbons (Fsp3) is 0.118. The van der Waals surface area contributed by atoms with Crippen LogP contribution >= 0.6 is 0 Å². The van der Waals surface area contributed by atoms with Crippen molar-refractivity contribution in [2.75, 3.05) is 7.11 Å². The highest BCUT2D eigenvalue weighted by Crippen LogP contribution is 2.31. The smallest absolute Gasteiger partial charge is 0.195 e. The molecule has 0 saturated carbocycles. The van der Waals surface area contributed by atoms with E-state index in [1.165, 1.54) is 18.2 Å². The van der Waals surface area contributed by atoms with Gasteiger partial charge in [-0.3, -0.25) is 4.79 Å². The van der Waals surface area contributed by atoms with Crippen molar-refractivity contribution in [2.45, 2.75) is 0 Å². The van der Waals surface area contributed by atoms with Crippen LogP contribution in [0.5, 0.6) is 5.75 Å². The topological polar surface area (TPSA) is 31.2 Å². The van der Waals surface area contributed by atoms with Gasteiger partial charge in [0.2, 0.25) is 0 Å². The predicted octanol–water partition coefficient (Wildman–Crippen LogP) is 3.56. The molecule has 0 amide bonds. The second kappa shape index (κ2) is 5.05. The number of nitrogens with zero attached hydrogens (tertiary/aromatic N) is 1. The molecule has 3 aromatic rings. The molecular weight excluding hydrogens is 269 g/mol. The van der Waals surface area contributed by atoms with Crippen molar-refractivity contribution in [1.29, 1.82) is 0 Å². The van der Waals surface area contributed by atoms with Crippen molar-refractivity contribution in [3.63, 3.8) is 0 Å². The predicted molar refractivity (Wildman–Crippen MR) is 79.3 cm³/mol. The molecule has 21 heavy (non-hydrogen) atoms. The quantitative estimate of drug-likeness (QED) is 0.688. The Bertz CT molecular complexity index is 836. The van der Waals surface area contributed by atoms with Crippen LogP contribution in [0.4, 0.5) is 4.39 Å². The Balaban J connectivity index is 2.23. The van der Waals surface area contributed by atoms with E-state index in [-0.39, 0.29) is 5.78 Å². The zero-order chi connectivity index (χ0) is 15.0. The molecular formula is C17H14FNO2. The summed E-state index contributed by atoms with van der Waals surface area (Å²) in [5.41, 5.74) is 1.73. The zero-order valence-corrected chi connectivity index (χ0v) is 11.8. The van der Waals surface area contributed by atoms with Crippen LogP contribution in [0.3, 0.4) is 0 Å². The molecule has 0 bridgehead atoms. The minimum atomic E-state index is -0.423. The third-order valence-electron chi connectivity index (χ3n) is 3.53. The van der Waals surface area contributed by atoms with Gasteiger partial charge in [-0.05, 0) is 24.3 Å². The highest BCUT2D eigenvalue weighted by Gasteiger charge is 2.19. The monoisotopic (exact) mass is 283 g/mol.